The minimum absolute atomic E-state index is 0.00571. The molecule has 132 valence electrons. The van der Waals surface area contributed by atoms with Crippen molar-refractivity contribution in [2.75, 3.05) is 39.8 Å². The molecular weight excluding hydrogens is 378 g/mol. The highest BCUT2D eigenvalue weighted by Gasteiger charge is 2.34. The number of halogens is 1. The van der Waals surface area contributed by atoms with E-state index in [9.17, 15) is 9.59 Å². The topological polar surface area (TPSA) is 43.9 Å². The lowest BCUT2D eigenvalue weighted by atomic mass is 10.2. The molecule has 0 bridgehead atoms. The molecule has 0 atom stereocenters. The number of rotatable bonds is 3. The smallest absolute Gasteiger partial charge is 0.266 e. The molecule has 0 radical (unpaired) electrons. The average molecular weight is 396 g/mol. The molecule has 25 heavy (non-hydrogen) atoms. The molecular formula is C17H18ClN3O2S2. The molecule has 3 rings (SSSR count). The van der Waals surface area contributed by atoms with Gasteiger partial charge in [-0.1, -0.05) is 53.8 Å². The summed E-state index contributed by atoms with van der Waals surface area (Å²) in [5, 5.41) is 0.571. The summed E-state index contributed by atoms with van der Waals surface area (Å²) < 4.78 is 0.408. The second-order valence-corrected chi connectivity index (χ2v) is 8.06. The minimum Gasteiger partial charge on any atom is -0.339 e. The van der Waals surface area contributed by atoms with Crippen LogP contribution >= 0.6 is 35.6 Å². The van der Waals surface area contributed by atoms with Crippen LogP contribution in [-0.2, 0) is 9.59 Å². The van der Waals surface area contributed by atoms with Gasteiger partial charge in [-0.05, 0) is 24.8 Å². The highest BCUT2D eigenvalue weighted by atomic mass is 35.5. The van der Waals surface area contributed by atoms with Gasteiger partial charge in [0.15, 0.2) is 0 Å². The first-order valence-corrected chi connectivity index (χ1v) is 9.52. The molecule has 2 saturated heterocycles. The number of hydrogen-bond acceptors (Lipinski definition) is 5. The Morgan fingerprint density at radius 2 is 1.96 bits per heavy atom. The van der Waals surface area contributed by atoms with Crippen molar-refractivity contribution in [2.24, 2.45) is 0 Å². The molecule has 0 aromatic heterocycles. The maximum absolute atomic E-state index is 12.6. The van der Waals surface area contributed by atoms with E-state index in [4.69, 9.17) is 23.8 Å². The summed E-state index contributed by atoms with van der Waals surface area (Å²) in [7, 11) is 2.03. The van der Waals surface area contributed by atoms with E-state index in [0.717, 1.165) is 18.7 Å². The van der Waals surface area contributed by atoms with E-state index in [1.54, 1.807) is 17.0 Å². The lowest BCUT2D eigenvalue weighted by molar-refractivity contribution is -0.136. The summed E-state index contributed by atoms with van der Waals surface area (Å²) in [5.41, 5.74) is 0.759. The Bertz CT molecular complexity index is 745. The Hall–Kier alpha value is -1.41. The van der Waals surface area contributed by atoms with Crippen LogP contribution in [-0.4, -0.2) is 70.6 Å². The van der Waals surface area contributed by atoms with E-state index in [2.05, 4.69) is 4.90 Å². The first-order chi connectivity index (χ1) is 12.0. The quantitative estimate of drug-likeness (QED) is 0.580. The predicted octanol–water partition coefficient (Wildman–Crippen LogP) is 2.32. The van der Waals surface area contributed by atoms with Gasteiger partial charge in [-0.3, -0.25) is 14.5 Å². The molecule has 0 unspecified atom stereocenters. The van der Waals surface area contributed by atoms with Gasteiger partial charge in [0.05, 0.1) is 4.91 Å². The summed E-state index contributed by atoms with van der Waals surface area (Å²) in [6, 6.07) is 7.30. The van der Waals surface area contributed by atoms with Crippen LogP contribution in [0.15, 0.2) is 29.2 Å². The van der Waals surface area contributed by atoms with Crippen molar-refractivity contribution in [3.05, 3.63) is 39.8 Å². The van der Waals surface area contributed by atoms with Gasteiger partial charge in [-0.15, -0.1) is 0 Å². The third kappa shape index (κ3) is 4.23. The second-order valence-electron chi connectivity index (χ2n) is 5.97. The van der Waals surface area contributed by atoms with E-state index in [0.29, 0.717) is 27.3 Å². The van der Waals surface area contributed by atoms with Crippen molar-refractivity contribution in [1.29, 1.82) is 0 Å². The van der Waals surface area contributed by atoms with E-state index in [1.165, 1.54) is 16.7 Å². The number of amides is 2. The highest BCUT2D eigenvalue weighted by molar-refractivity contribution is 8.26. The molecule has 1 aromatic rings. The summed E-state index contributed by atoms with van der Waals surface area (Å²) in [5.74, 6) is -0.305. The van der Waals surface area contributed by atoms with E-state index in [1.807, 2.05) is 25.2 Å². The van der Waals surface area contributed by atoms with Crippen LogP contribution in [0.4, 0.5) is 0 Å². The van der Waals surface area contributed by atoms with Crippen LogP contribution in [0.25, 0.3) is 6.08 Å². The first kappa shape index (κ1) is 18.4. The number of carbonyl (C=O) groups is 2. The monoisotopic (exact) mass is 395 g/mol. The zero-order valence-corrected chi connectivity index (χ0v) is 16.2. The normalized spacial score (nSPS) is 20.6. The zero-order valence-electron chi connectivity index (χ0n) is 13.8. The number of benzene rings is 1. The van der Waals surface area contributed by atoms with Gasteiger partial charge in [0.2, 0.25) is 5.91 Å². The van der Waals surface area contributed by atoms with Gasteiger partial charge in [0.25, 0.3) is 5.91 Å². The fraction of sp³-hybridized carbons (Fsp3) is 0.353. The summed E-state index contributed by atoms with van der Waals surface area (Å²) in [4.78, 5) is 30.9. The Morgan fingerprint density at radius 1 is 1.28 bits per heavy atom. The molecule has 2 aliphatic heterocycles. The highest BCUT2D eigenvalue weighted by Crippen LogP contribution is 2.33. The minimum atomic E-state index is -0.239. The fourth-order valence-electron chi connectivity index (χ4n) is 2.66. The van der Waals surface area contributed by atoms with Crippen molar-refractivity contribution in [3.8, 4) is 0 Å². The molecule has 2 fully saturated rings. The van der Waals surface area contributed by atoms with Crippen molar-refractivity contribution < 1.29 is 9.59 Å². The number of carbonyl (C=O) groups excluding carboxylic acids is 2. The van der Waals surface area contributed by atoms with E-state index < -0.39 is 0 Å². The van der Waals surface area contributed by atoms with Crippen LogP contribution < -0.4 is 0 Å². The Kier molecular flexibility index (Phi) is 5.78. The standard InChI is InChI=1S/C17H18ClN3O2S2/c1-19-6-8-20(9-7-19)15(22)11-21-16(23)14(25-17(21)24)10-12-4-2-3-5-13(12)18/h2-5,10H,6-9,11H2,1H3. The number of thiocarbonyl (C=S) groups is 1. The molecule has 1 aromatic carbocycles. The van der Waals surface area contributed by atoms with Crippen LogP contribution in [0.3, 0.4) is 0 Å². The van der Waals surface area contributed by atoms with Crippen molar-refractivity contribution in [3.63, 3.8) is 0 Å². The summed E-state index contributed by atoms with van der Waals surface area (Å²) >= 11 is 12.6. The Labute approximate surface area is 161 Å². The number of likely N-dealkylation sites (N-methyl/N-ethyl adjacent to an activating group) is 1. The first-order valence-electron chi connectivity index (χ1n) is 7.92. The molecule has 2 heterocycles. The van der Waals surface area contributed by atoms with Gasteiger partial charge >= 0.3 is 0 Å². The Balaban J connectivity index is 1.69. The molecule has 0 aliphatic carbocycles. The lowest BCUT2D eigenvalue weighted by Crippen LogP contribution is -2.50. The second kappa shape index (κ2) is 7.86. The number of piperazine rings is 1. The molecule has 5 nitrogen and oxygen atoms in total. The van der Waals surface area contributed by atoms with Crippen molar-refractivity contribution in [1.82, 2.24) is 14.7 Å². The van der Waals surface area contributed by atoms with Crippen LogP contribution in [0.2, 0.25) is 5.02 Å². The van der Waals surface area contributed by atoms with Gasteiger partial charge in [-0.25, -0.2) is 0 Å². The van der Waals surface area contributed by atoms with E-state index in [-0.39, 0.29) is 18.4 Å². The molecule has 8 heteroatoms. The molecule has 2 aliphatic rings. The van der Waals surface area contributed by atoms with Gasteiger partial charge < -0.3 is 9.80 Å². The average Bonchev–Trinajstić information content (AvgIpc) is 2.85. The third-order valence-corrected chi connectivity index (χ3v) is 5.94. The van der Waals surface area contributed by atoms with Crippen molar-refractivity contribution >= 4 is 57.8 Å². The number of hydrogen-bond donors (Lipinski definition) is 0. The zero-order chi connectivity index (χ0) is 18.0. The molecule has 2 amide bonds. The van der Waals surface area contributed by atoms with Crippen molar-refractivity contribution in [2.45, 2.75) is 0 Å². The SMILES string of the molecule is CN1CCN(C(=O)CN2C(=O)C(=Cc3ccccc3Cl)SC2=S)CC1. The maximum Gasteiger partial charge on any atom is 0.266 e. The van der Waals surface area contributed by atoms with E-state index >= 15 is 0 Å². The Morgan fingerprint density at radius 3 is 2.64 bits per heavy atom. The van der Waals surface area contributed by atoms with Crippen LogP contribution in [0, 0.1) is 0 Å². The summed E-state index contributed by atoms with van der Waals surface area (Å²) in [6.07, 6.45) is 1.72. The van der Waals surface area contributed by atoms with Gasteiger partial charge in [0.1, 0.15) is 10.9 Å². The third-order valence-electron chi connectivity index (χ3n) is 4.21. The summed E-state index contributed by atoms with van der Waals surface area (Å²) in [6.45, 7) is 3.04. The van der Waals surface area contributed by atoms with Gasteiger partial charge in [0, 0.05) is 31.2 Å². The largest absolute Gasteiger partial charge is 0.339 e. The number of nitrogens with zero attached hydrogens (tertiary/aromatic N) is 3. The number of thioether (sulfide) groups is 1. The fourth-order valence-corrected chi connectivity index (χ4v) is 4.10. The van der Waals surface area contributed by atoms with Gasteiger partial charge in [-0.2, -0.15) is 0 Å². The molecule has 0 saturated carbocycles. The van der Waals surface area contributed by atoms with Crippen LogP contribution in [0.5, 0.6) is 0 Å². The predicted molar refractivity (Wildman–Crippen MR) is 105 cm³/mol. The molecule has 0 N–H and O–H groups in total. The van der Waals surface area contributed by atoms with Crippen LogP contribution in [0.1, 0.15) is 5.56 Å². The maximum atomic E-state index is 12.6. The lowest BCUT2D eigenvalue weighted by Gasteiger charge is -2.33. The molecule has 0 spiro atoms.